The Morgan fingerprint density at radius 3 is 2.79 bits per heavy atom. The minimum absolute atomic E-state index is 0.0622. The molecule has 0 saturated carbocycles. The second-order valence-electron chi connectivity index (χ2n) is 4.66. The van der Waals surface area contributed by atoms with Crippen LogP contribution < -0.4 is 4.74 Å². The third kappa shape index (κ3) is 4.22. The zero-order valence-corrected chi connectivity index (χ0v) is 14.0. The van der Waals surface area contributed by atoms with Gasteiger partial charge in [-0.05, 0) is 45.3 Å². The van der Waals surface area contributed by atoms with Gasteiger partial charge in [0.2, 0.25) is 0 Å². The number of rotatable bonds is 5. The summed E-state index contributed by atoms with van der Waals surface area (Å²) in [5, 5.41) is 20.2. The summed E-state index contributed by atoms with van der Waals surface area (Å²) in [4.78, 5) is 10.4. The fourth-order valence-electron chi connectivity index (χ4n) is 1.98. The number of allylic oxidation sites excluding steroid dienone is 1. The summed E-state index contributed by atoms with van der Waals surface area (Å²) >= 11 is 3.38. The Morgan fingerprint density at radius 1 is 1.38 bits per heavy atom. The lowest BCUT2D eigenvalue weighted by atomic mass is 10.0. The molecule has 0 spiro atoms. The zero-order valence-electron chi connectivity index (χ0n) is 12.4. The van der Waals surface area contributed by atoms with E-state index in [2.05, 4.69) is 27.9 Å². The van der Waals surface area contributed by atoms with Crippen LogP contribution in [0.4, 0.5) is 5.69 Å². The number of nitriles is 1. The lowest BCUT2D eigenvalue weighted by Crippen LogP contribution is -1.94. The van der Waals surface area contributed by atoms with E-state index in [1.165, 1.54) is 12.1 Å². The minimum Gasteiger partial charge on any atom is -0.480 e. The molecule has 24 heavy (non-hydrogen) atoms. The van der Waals surface area contributed by atoms with Gasteiger partial charge in [0.1, 0.15) is 12.4 Å². The van der Waals surface area contributed by atoms with Crippen molar-refractivity contribution in [3.63, 3.8) is 0 Å². The van der Waals surface area contributed by atoms with Crippen molar-refractivity contribution in [3.8, 4) is 24.2 Å². The minimum atomic E-state index is -0.493. The Balaban J connectivity index is 2.36. The molecule has 2 rings (SSSR count). The summed E-state index contributed by atoms with van der Waals surface area (Å²) in [6.45, 7) is 0.158. The second-order valence-corrected chi connectivity index (χ2v) is 5.51. The Bertz CT molecular complexity index is 892. The highest BCUT2D eigenvalue weighted by atomic mass is 79.9. The van der Waals surface area contributed by atoms with Gasteiger partial charge >= 0.3 is 0 Å². The largest absolute Gasteiger partial charge is 0.480 e. The van der Waals surface area contributed by atoms with E-state index < -0.39 is 4.92 Å². The Hall–Kier alpha value is -3.09. The smallest absolute Gasteiger partial charge is 0.270 e. The van der Waals surface area contributed by atoms with Crippen molar-refractivity contribution in [3.05, 3.63) is 68.2 Å². The number of terminal acetylenes is 1. The molecular formula is C18H11BrN2O3. The molecule has 118 valence electrons. The Morgan fingerprint density at radius 2 is 2.17 bits per heavy atom. The van der Waals surface area contributed by atoms with Crippen LogP contribution in [0, 0.1) is 33.8 Å². The molecule has 6 heteroatoms. The van der Waals surface area contributed by atoms with E-state index in [0.29, 0.717) is 21.4 Å². The van der Waals surface area contributed by atoms with E-state index in [4.69, 9.17) is 11.2 Å². The molecule has 0 aliphatic rings. The fourth-order valence-corrected chi connectivity index (χ4v) is 2.49. The molecule has 0 aromatic heterocycles. The van der Waals surface area contributed by atoms with Crippen LogP contribution in [0.3, 0.4) is 0 Å². The normalized spacial score (nSPS) is 10.5. The van der Waals surface area contributed by atoms with Crippen LogP contribution in [0.25, 0.3) is 11.6 Å². The van der Waals surface area contributed by atoms with Crippen LogP contribution in [-0.4, -0.2) is 11.5 Å². The number of nitro groups is 1. The fraction of sp³-hybridized carbons (Fsp3) is 0.0556. The lowest BCUT2D eigenvalue weighted by Gasteiger charge is -2.06. The monoisotopic (exact) mass is 382 g/mol. The Labute approximate surface area is 147 Å². The van der Waals surface area contributed by atoms with Crippen LogP contribution in [0.1, 0.15) is 11.1 Å². The molecule has 0 aliphatic carbocycles. The summed E-state index contributed by atoms with van der Waals surface area (Å²) in [7, 11) is 0. The Kier molecular flexibility index (Phi) is 5.73. The molecule has 5 nitrogen and oxygen atoms in total. The van der Waals surface area contributed by atoms with Gasteiger partial charge in [0, 0.05) is 12.1 Å². The maximum Gasteiger partial charge on any atom is 0.270 e. The predicted octanol–water partition coefficient (Wildman–Crippen LogP) is 4.43. The van der Waals surface area contributed by atoms with Gasteiger partial charge in [-0.15, -0.1) is 6.42 Å². The molecule has 0 atom stereocenters. The van der Waals surface area contributed by atoms with Crippen molar-refractivity contribution in [1.29, 1.82) is 5.26 Å². The highest BCUT2D eigenvalue weighted by Gasteiger charge is 2.09. The quantitative estimate of drug-likeness (QED) is 0.252. The summed E-state index contributed by atoms with van der Waals surface area (Å²) in [5.41, 5.74) is 1.49. The number of nitrogens with zero attached hydrogens (tertiary/aromatic N) is 2. The summed E-state index contributed by atoms with van der Waals surface area (Å²) in [6.07, 6.45) is 6.80. The van der Waals surface area contributed by atoms with Gasteiger partial charge in [-0.2, -0.15) is 5.26 Å². The van der Waals surface area contributed by atoms with Crippen LogP contribution in [0.5, 0.6) is 5.75 Å². The highest BCUT2D eigenvalue weighted by Crippen LogP contribution is 2.28. The number of halogens is 1. The molecule has 0 fully saturated rings. The molecule has 2 aromatic carbocycles. The molecule has 0 saturated heterocycles. The first-order valence-electron chi connectivity index (χ1n) is 6.77. The molecule has 0 N–H and O–H groups in total. The number of hydrogen-bond acceptors (Lipinski definition) is 4. The topological polar surface area (TPSA) is 76.2 Å². The maximum atomic E-state index is 10.9. The third-order valence-corrected chi connectivity index (χ3v) is 3.69. The van der Waals surface area contributed by atoms with Gasteiger partial charge < -0.3 is 4.74 Å². The van der Waals surface area contributed by atoms with Gasteiger partial charge in [-0.1, -0.05) is 24.1 Å². The first-order valence-corrected chi connectivity index (χ1v) is 7.57. The van der Waals surface area contributed by atoms with Gasteiger partial charge in [-0.25, -0.2) is 0 Å². The van der Waals surface area contributed by atoms with Crippen LogP contribution in [0.2, 0.25) is 0 Å². The number of ether oxygens (including phenoxy) is 1. The van der Waals surface area contributed by atoms with Gasteiger partial charge in [0.25, 0.3) is 5.69 Å². The first-order chi connectivity index (χ1) is 11.5. The van der Waals surface area contributed by atoms with Crippen LogP contribution in [0.15, 0.2) is 46.9 Å². The number of nitro benzene ring substituents is 1. The van der Waals surface area contributed by atoms with Crippen LogP contribution >= 0.6 is 15.9 Å². The second kappa shape index (κ2) is 7.96. The number of benzene rings is 2. The van der Waals surface area contributed by atoms with Crippen molar-refractivity contribution in [2.45, 2.75) is 0 Å². The average Bonchev–Trinajstić information content (AvgIpc) is 2.59. The van der Waals surface area contributed by atoms with Crippen molar-refractivity contribution in [2.75, 3.05) is 6.61 Å². The maximum absolute atomic E-state index is 10.9. The van der Waals surface area contributed by atoms with E-state index in [1.807, 2.05) is 0 Å². The van der Waals surface area contributed by atoms with E-state index in [-0.39, 0.29) is 12.3 Å². The van der Waals surface area contributed by atoms with E-state index >= 15 is 0 Å². The van der Waals surface area contributed by atoms with Crippen molar-refractivity contribution in [2.24, 2.45) is 0 Å². The molecule has 0 aliphatic heterocycles. The SMILES string of the molecule is C#CCOc1ccc(C=C(C#N)c2cccc([N+](=O)[O-])c2)cc1Br. The molecule has 0 unspecified atom stereocenters. The highest BCUT2D eigenvalue weighted by molar-refractivity contribution is 9.10. The molecule has 0 bridgehead atoms. The molecule has 0 radical (unpaired) electrons. The standard InChI is InChI=1S/C18H11BrN2O3/c1-2-8-24-18-7-6-13(10-17(18)19)9-15(12-20)14-4-3-5-16(11-14)21(22)23/h1,3-7,9-11H,8H2. The molecule has 0 amide bonds. The lowest BCUT2D eigenvalue weighted by molar-refractivity contribution is -0.384. The van der Waals surface area contributed by atoms with Gasteiger partial charge in [0.05, 0.1) is 21.0 Å². The van der Waals surface area contributed by atoms with E-state index in [1.54, 1.807) is 36.4 Å². The number of hydrogen-bond donors (Lipinski definition) is 0. The summed E-state index contributed by atoms with van der Waals surface area (Å²) in [5.74, 6) is 2.98. The van der Waals surface area contributed by atoms with E-state index in [9.17, 15) is 15.4 Å². The van der Waals surface area contributed by atoms with Gasteiger partial charge in [-0.3, -0.25) is 10.1 Å². The van der Waals surface area contributed by atoms with E-state index in [0.717, 1.165) is 5.56 Å². The third-order valence-electron chi connectivity index (χ3n) is 3.07. The predicted molar refractivity (Wildman–Crippen MR) is 95.1 cm³/mol. The van der Waals surface area contributed by atoms with Crippen molar-refractivity contribution >= 4 is 33.3 Å². The average molecular weight is 383 g/mol. The summed E-state index contributed by atoms with van der Waals surface area (Å²) < 4.78 is 6.05. The van der Waals surface area contributed by atoms with Crippen molar-refractivity contribution < 1.29 is 9.66 Å². The molecular weight excluding hydrogens is 372 g/mol. The van der Waals surface area contributed by atoms with Gasteiger partial charge in [0.15, 0.2) is 0 Å². The van der Waals surface area contributed by atoms with Crippen molar-refractivity contribution in [1.82, 2.24) is 0 Å². The molecule has 2 aromatic rings. The zero-order chi connectivity index (χ0) is 17.5. The first kappa shape index (κ1) is 17.3. The number of non-ortho nitro benzene ring substituents is 1. The molecule has 0 heterocycles. The van der Waals surface area contributed by atoms with Crippen LogP contribution in [-0.2, 0) is 0 Å². The summed E-state index contributed by atoms with van der Waals surface area (Å²) in [6, 6.07) is 13.3.